The number of rotatable bonds is 3. The van der Waals surface area contributed by atoms with Crippen molar-refractivity contribution in [3.63, 3.8) is 0 Å². The molecule has 0 spiro atoms. The molecule has 3 saturated heterocycles. The third-order valence-electron chi connectivity index (χ3n) is 6.26. The Kier molecular flexibility index (Phi) is 6.69. The van der Waals surface area contributed by atoms with Crippen molar-refractivity contribution in [1.82, 2.24) is 14.5 Å². The predicted octanol–water partition coefficient (Wildman–Crippen LogP) is 2.56. The molecule has 1 amide bonds. The molecule has 3 heterocycles. The molecular formula is C20H30ClN3O3S. The number of hydrogen-bond donors (Lipinski definition) is 1. The minimum atomic E-state index is -3.55. The maximum Gasteiger partial charge on any atom is 0.254 e. The summed E-state index contributed by atoms with van der Waals surface area (Å²) in [6.07, 6.45) is 5.92. The fourth-order valence-corrected chi connectivity index (χ4v) is 6.49. The number of benzene rings is 1. The Morgan fingerprint density at radius 3 is 2.54 bits per heavy atom. The van der Waals surface area contributed by atoms with E-state index in [1.54, 1.807) is 22.5 Å². The first-order valence-electron chi connectivity index (χ1n) is 10.1. The highest BCUT2D eigenvalue weighted by Gasteiger charge is 2.38. The maximum absolute atomic E-state index is 13.3. The van der Waals surface area contributed by atoms with Gasteiger partial charge in [0.1, 0.15) is 0 Å². The number of aryl methyl sites for hydroxylation is 1. The van der Waals surface area contributed by atoms with Crippen LogP contribution in [0, 0.1) is 6.92 Å². The Hall–Kier alpha value is -1.15. The van der Waals surface area contributed by atoms with Crippen molar-refractivity contribution >= 4 is 28.3 Å². The molecule has 0 saturated carbocycles. The smallest absolute Gasteiger partial charge is 0.254 e. The second-order valence-corrected chi connectivity index (χ2v) is 9.94. The van der Waals surface area contributed by atoms with E-state index in [-0.39, 0.29) is 35.3 Å². The normalized spacial score (nSPS) is 25.8. The largest absolute Gasteiger partial charge is 0.331 e. The SMILES string of the molecule is Cc1ccc(C(=O)N2C3CCNCC2CC3)cc1S(=O)(=O)N1CCCCC1.Cl. The predicted molar refractivity (Wildman–Crippen MR) is 112 cm³/mol. The molecule has 0 aromatic heterocycles. The van der Waals surface area contributed by atoms with Crippen molar-refractivity contribution in [2.24, 2.45) is 0 Å². The van der Waals surface area contributed by atoms with Gasteiger partial charge in [-0.2, -0.15) is 4.31 Å². The van der Waals surface area contributed by atoms with Gasteiger partial charge in [0.25, 0.3) is 5.91 Å². The van der Waals surface area contributed by atoms with Gasteiger partial charge in [0, 0.05) is 37.3 Å². The lowest BCUT2D eigenvalue weighted by molar-refractivity contribution is 0.0680. The summed E-state index contributed by atoms with van der Waals surface area (Å²) in [5.41, 5.74) is 1.20. The van der Waals surface area contributed by atoms with Crippen LogP contribution in [0.3, 0.4) is 0 Å². The molecule has 6 nitrogen and oxygen atoms in total. The number of carbonyl (C=O) groups is 1. The van der Waals surface area contributed by atoms with E-state index in [4.69, 9.17) is 0 Å². The van der Waals surface area contributed by atoms with E-state index in [0.29, 0.717) is 24.2 Å². The van der Waals surface area contributed by atoms with Gasteiger partial charge < -0.3 is 10.2 Å². The van der Waals surface area contributed by atoms with Gasteiger partial charge in [-0.3, -0.25) is 4.79 Å². The molecule has 0 aliphatic carbocycles. The lowest BCUT2D eigenvalue weighted by Crippen LogP contribution is -2.42. The zero-order valence-electron chi connectivity index (χ0n) is 16.4. The van der Waals surface area contributed by atoms with E-state index in [1.807, 2.05) is 11.8 Å². The summed E-state index contributed by atoms with van der Waals surface area (Å²) in [5, 5.41) is 3.41. The molecule has 8 heteroatoms. The molecule has 156 valence electrons. The molecule has 3 aliphatic rings. The van der Waals surface area contributed by atoms with Crippen LogP contribution < -0.4 is 5.32 Å². The molecule has 3 fully saturated rings. The quantitative estimate of drug-likeness (QED) is 0.804. The Labute approximate surface area is 174 Å². The summed E-state index contributed by atoms with van der Waals surface area (Å²) in [6, 6.07) is 5.65. The number of sulfonamides is 1. The highest BCUT2D eigenvalue weighted by atomic mass is 35.5. The van der Waals surface area contributed by atoms with Crippen LogP contribution >= 0.6 is 12.4 Å². The van der Waals surface area contributed by atoms with E-state index in [0.717, 1.165) is 51.6 Å². The van der Waals surface area contributed by atoms with Crippen molar-refractivity contribution < 1.29 is 13.2 Å². The maximum atomic E-state index is 13.3. The fourth-order valence-electron chi connectivity index (χ4n) is 4.72. The summed E-state index contributed by atoms with van der Waals surface area (Å²) in [4.78, 5) is 15.6. The Morgan fingerprint density at radius 2 is 1.79 bits per heavy atom. The van der Waals surface area contributed by atoms with Gasteiger partial charge in [-0.15, -0.1) is 12.4 Å². The number of nitrogens with one attached hydrogen (secondary N) is 1. The minimum Gasteiger partial charge on any atom is -0.331 e. The molecule has 0 radical (unpaired) electrons. The van der Waals surface area contributed by atoms with E-state index in [1.165, 1.54) is 0 Å². The molecule has 3 aliphatic heterocycles. The number of carbonyl (C=O) groups excluding carboxylic acids is 1. The molecule has 28 heavy (non-hydrogen) atoms. The summed E-state index contributed by atoms with van der Waals surface area (Å²) >= 11 is 0. The van der Waals surface area contributed by atoms with E-state index >= 15 is 0 Å². The first-order valence-corrected chi connectivity index (χ1v) is 11.6. The Balaban J connectivity index is 0.00000225. The van der Waals surface area contributed by atoms with Crippen molar-refractivity contribution in [3.05, 3.63) is 29.3 Å². The summed E-state index contributed by atoms with van der Waals surface area (Å²) in [6.45, 7) is 4.72. The van der Waals surface area contributed by atoms with Crippen LogP contribution in [-0.2, 0) is 10.0 Å². The number of hydrogen-bond acceptors (Lipinski definition) is 4. The van der Waals surface area contributed by atoms with Crippen LogP contribution in [0.5, 0.6) is 0 Å². The van der Waals surface area contributed by atoms with Gasteiger partial charge in [-0.25, -0.2) is 8.42 Å². The highest BCUT2D eigenvalue weighted by molar-refractivity contribution is 7.89. The van der Waals surface area contributed by atoms with E-state index < -0.39 is 10.0 Å². The second-order valence-electron chi connectivity index (χ2n) is 8.04. The van der Waals surface area contributed by atoms with Crippen LogP contribution in [0.15, 0.2) is 23.1 Å². The minimum absolute atomic E-state index is 0. The molecule has 2 unspecified atom stereocenters. The highest BCUT2D eigenvalue weighted by Crippen LogP contribution is 2.31. The fraction of sp³-hybridized carbons (Fsp3) is 0.650. The van der Waals surface area contributed by atoms with Crippen LogP contribution in [0.4, 0.5) is 0 Å². The molecule has 1 aromatic rings. The Morgan fingerprint density at radius 1 is 1.07 bits per heavy atom. The topological polar surface area (TPSA) is 69.7 Å². The van der Waals surface area contributed by atoms with E-state index in [9.17, 15) is 13.2 Å². The van der Waals surface area contributed by atoms with Gasteiger partial charge >= 0.3 is 0 Å². The average Bonchev–Trinajstić information content (AvgIpc) is 2.94. The Bertz CT molecular complexity index is 810. The number of nitrogens with zero attached hydrogens (tertiary/aromatic N) is 2. The molecule has 2 atom stereocenters. The summed E-state index contributed by atoms with van der Waals surface area (Å²) in [7, 11) is -3.55. The second kappa shape index (κ2) is 8.69. The van der Waals surface area contributed by atoms with Gasteiger partial charge in [0.05, 0.1) is 4.90 Å². The first-order chi connectivity index (χ1) is 13.0. The summed E-state index contributed by atoms with van der Waals surface area (Å²) in [5.74, 6) is -0.0266. The number of halogens is 1. The van der Waals surface area contributed by atoms with E-state index in [2.05, 4.69) is 5.32 Å². The molecule has 1 aromatic carbocycles. The third-order valence-corrected chi connectivity index (χ3v) is 8.30. The third kappa shape index (κ3) is 3.95. The zero-order valence-corrected chi connectivity index (χ0v) is 18.0. The average molecular weight is 428 g/mol. The van der Waals surface area contributed by atoms with Crippen molar-refractivity contribution in [3.8, 4) is 0 Å². The van der Waals surface area contributed by atoms with Gasteiger partial charge in [0.2, 0.25) is 10.0 Å². The molecule has 2 bridgehead atoms. The molecule has 4 rings (SSSR count). The van der Waals surface area contributed by atoms with Crippen LogP contribution in [0.2, 0.25) is 0 Å². The van der Waals surface area contributed by atoms with Gasteiger partial charge in [-0.05, 0) is 63.3 Å². The number of fused-ring (bicyclic) bond motifs is 2. The first kappa shape index (κ1) is 21.6. The van der Waals surface area contributed by atoms with Gasteiger partial charge in [-0.1, -0.05) is 12.5 Å². The zero-order chi connectivity index (χ0) is 19.0. The van der Waals surface area contributed by atoms with Crippen LogP contribution in [-0.4, -0.2) is 61.8 Å². The van der Waals surface area contributed by atoms with Crippen LogP contribution in [0.1, 0.15) is 54.4 Å². The number of amides is 1. The summed E-state index contributed by atoms with van der Waals surface area (Å²) < 4.78 is 27.9. The molecule has 1 N–H and O–H groups in total. The van der Waals surface area contributed by atoms with Gasteiger partial charge in [0.15, 0.2) is 0 Å². The van der Waals surface area contributed by atoms with Crippen molar-refractivity contribution in [1.29, 1.82) is 0 Å². The monoisotopic (exact) mass is 427 g/mol. The standard InChI is InChI=1S/C20H29N3O3S.ClH/c1-15-5-6-16(13-19(15)27(25,26)22-11-3-2-4-12-22)20(24)23-17-7-8-18(23)14-21-10-9-17;/h5-6,13,17-18,21H,2-4,7-12,14H2,1H3;1H. The lowest BCUT2D eigenvalue weighted by Gasteiger charge is -2.29. The lowest BCUT2D eigenvalue weighted by atomic mass is 10.1. The van der Waals surface area contributed by atoms with Crippen molar-refractivity contribution in [2.45, 2.75) is 62.4 Å². The van der Waals surface area contributed by atoms with Crippen LogP contribution in [0.25, 0.3) is 0 Å². The molecular weight excluding hydrogens is 398 g/mol. The number of piperidine rings is 1. The van der Waals surface area contributed by atoms with Crippen molar-refractivity contribution in [2.75, 3.05) is 26.2 Å².